The van der Waals surface area contributed by atoms with E-state index in [0.29, 0.717) is 6.04 Å². The molecule has 4 aromatic rings. The van der Waals surface area contributed by atoms with Crippen molar-refractivity contribution in [2.75, 3.05) is 6.61 Å². The van der Waals surface area contributed by atoms with Crippen molar-refractivity contribution in [2.45, 2.75) is 57.7 Å². The quantitative estimate of drug-likeness (QED) is 0.480. The first kappa shape index (κ1) is 18.3. The molecule has 6 nitrogen and oxygen atoms in total. The number of imidazole rings is 1. The molecule has 3 aromatic heterocycles. The maximum atomic E-state index is 6.37. The number of rotatable bonds is 3. The number of halogens is 1. The lowest BCUT2D eigenvalue weighted by atomic mass is 10.0. The Hall–Kier alpha value is -2.44. The summed E-state index contributed by atoms with van der Waals surface area (Å²) in [6.45, 7) is 3.95. The van der Waals surface area contributed by atoms with E-state index in [0.717, 1.165) is 77.3 Å². The lowest BCUT2D eigenvalue weighted by molar-refractivity contribution is 0.00631. The summed E-state index contributed by atoms with van der Waals surface area (Å²) in [5.41, 5.74) is 5.43. The number of aromatic nitrogens is 5. The van der Waals surface area contributed by atoms with Gasteiger partial charge < -0.3 is 9.30 Å². The van der Waals surface area contributed by atoms with Gasteiger partial charge >= 0.3 is 0 Å². The molecule has 0 amide bonds. The molecular weight excluding hydrogens is 398 g/mol. The standard InChI is InChI=1S/C23H24ClN5O/c1-14-9-18(6-8-30-14)29-22(12-16-11-17-3-2-7-28(17)27-16)26-21-13-25-20-5-4-15(24)10-19(20)23(21)29/h4-5,10-11,13-14,18H,2-3,6-9,12H2,1H3/t14-,18?/m1/s1. The van der Waals surface area contributed by atoms with Gasteiger partial charge in [-0.25, -0.2) is 4.98 Å². The van der Waals surface area contributed by atoms with Gasteiger partial charge in [0.05, 0.1) is 35.4 Å². The van der Waals surface area contributed by atoms with Crippen LogP contribution in [0.3, 0.4) is 0 Å². The van der Waals surface area contributed by atoms with Crippen LogP contribution >= 0.6 is 11.6 Å². The Labute approximate surface area is 179 Å². The van der Waals surface area contributed by atoms with Crippen molar-refractivity contribution >= 4 is 33.5 Å². The summed E-state index contributed by atoms with van der Waals surface area (Å²) in [6, 6.07) is 8.49. The first-order valence-corrected chi connectivity index (χ1v) is 11.2. The van der Waals surface area contributed by atoms with Crippen LogP contribution in [0, 0.1) is 0 Å². The van der Waals surface area contributed by atoms with Crippen LogP contribution in [0.15, 0.2) is 30.5 Å². The molecule has 6 rings (SSSR count). The van der Waals surface area contributed by atoms with E-state index >= 15 is 0 Å². The Morgan fingerprint density at radius 3 is 3.03 bits per heavy atom. The lowest BCUT2D eigenvalue weighted by Crippen LogP contribution is -2.26. The van der Waals surface area contributed by atoms with E-state index in [1.165, 1.54) is 12.1 Å². The SMILES string of the molecule is C[C@@H]1CC(n2c(Cc3cc4n(n3)CCC4)nc3cnc4ccc(Cl)cc4c32)CCO1. The Kier molecular flexibility index (Phi) is 4.32. The van der Waals surface area contributed by atoms with Gasteiger partial charge in [0.25, 0.3) is 0 Å². The van der Waals surface area contributed by atoms with Crippen LogP contribution in [0.4, 0.5) is 0 Å². The predicted molar refractivity (Wildman–Crippen MR) is 117 cm³/mol. The van der Waals surface area contributed by atoms with Gasteiger partial charge in [-0.2, -0.15) is 5.10 Å². The zero-order valence-electron chi connectivity index (χ0n) is 17.0. The van der Waals surface area contributed by atoms with Gasteiger partial charge in [-0.3, -0.25) is 9.67 Å². The number of benzene rings is 1. The third kappa shape index (κ3) is 3.01. The third-order valence-electron chi connectivity index (χ3n) is 6.43. The van der Waals surface area contributed by atoms with Gasteiger partial charge in [-0.05, 0) is 56.9 Å². The van der Waals surface area contributed by atoms with E-state index in [1.54, 1.807) is 0 Å². The summed E-state index contributed by atoms with van der Waals surface area (Å²) in [4.78, 5) is 9.67. The van der Waals surface area contributed by atoms with Gasteiger partial charge in [0.2, 0.25) is 0 Å². The van der Waals surface area contributed by atoms with Crippen molar-refractivity contribution in [3.05, 3.63) is 52.7 Å². The van der Waals surface area contributed by atoms with E-state index in [-0.39, 0.29) is 6.10 Å². The van der Waals surface area contributed by atoms with Crippen LogP contribution in [-0.2, 0) is 24.1 Å². The molecule has 1 saturated heterocycles. The highest BCUT2D eigenvalue weighted by Crippen LogP contribution is 2.35. The summed E-state index contributed by atoms with van der Waals surface area (Å²) < 4.78 is 10.4. The molecule has 2 aliphatic heterocycles. The fraction of sp³-hybridized carbons (Fsp3) is 0.435. The van der Waals surface area contributed by atoms with Crippen molar-refractivity contribution in [1.82, 2.24) is 24.3 Å². The molecule has 2 atom stereocenters. The molecule has 0 spiro atoms. The minimum atomic E-state index is 0.238. The first-order chi connectivity index (χ1) is 14.7. The van der Waals surface area contributed by atoms with Crippen LogP contribution < -0.4 is 0 Å². The number of ether oxygens (including phenoxy) is 1. The van der Waals surface area contributed by atoms with E-state index in [2.05, 4.69) is 27.2 Å². The fourth-order valence-corrected chi connectivity index (χ4v) is 5.26. The zero-order valence-corrected chi connectivity index (χ0v) is 17.8. The maximum absolute atomic E-state index is 6.37. The number of hydrogen-bond donors (Lipinski definition) is 0. The largest absolute Gasteiger partial charge is 0.378 e. The molecule has 0 saturated carbocycles. The number of aryl methyl sites for hydroxylation is 2. The molecule has 0 aliphatic carbocycles. The second-order valence-corrected chi connectivity index (χ2v) is 8.98. The van der Waals surface area contributed by atoms with E-state index in [1.807, 2.05) is 24.4 Å². The summed E-state index contributed by atoms with van der Waals surface area (Å²) in [5.74, 6) is 1.05. The lowest BCUT2D eigenvalue weighted by Gasteiger charge is -2.30. The average molecular weight is 422 g/mol. The zero-order chi connectivity index (χ0) is 20.2. The average Bonchev–Trinajstić information content (AvgIpc) is 3.41. The Balaban J connectivity index is 1.54. The van der Waals surface area contributed by atoms with Crippen molar-refractivity contribution < 1.29 is 4.74 Å². The second kappa shape index (κ2) is 7.06. The Bertz CT molecular complexity index is 1240. The van der Waals surface area contributed by atoms with Gasteiger partial charge in [0.15, 0.2) is 0 Å². The molecule has 7 heteroatoms. The topological polar surface area (TPSA) is 57.8 Å². The van der Waals surface area contributed by atoms with Crippen molar-refractivity contribution in [1.29, 1.82) is 0 Å². The van der Waals surface area contributed by atoms with Crippen molar-refractivity contribution in [2.24, 2.45) is 0 Å². The maximum Gasteiger partial charge on any atom is 0.116 e. The van der Waals surface area contributed by atoms with Gasteiger partial charge in [-0.15, -0.1) is 0 Å². The highest BCUT2D eigenvalue weighted by Gasteiger charge is 2.27. The van der Waals surface area contributed by atoms with E-state index in [4.69, 9.17) is 26.4 Å². The summed E-state index contributed by atoms with van der Waals surface area (Å²) >= 11 is 6.37. The molecule has 2 aliphatic rings. The smallest absolute Gasteiger partial charge is 0.116 e. The van der Waals surface area contributed by atoms with Crippen molar-refractivity contribution in [3.8, 4) is 0 Å². The van der Waals surface area contributed by atoms with Crippen LogP contribution in [0.2, 0.25) is 5.02 Å². The van der Waals surface area contributed by atoms with Crippen LogP contribution in [0.1, 0.15) is 49.4 Å². The van der Waals surface area contributed by atoms with Crippen molar-refractivity contribution in [3.63, 3.8) is 0 Å². The molecule has 1 fully saturated rings. The minimum absolute atomic E-state index is 0.238. The van der Waals surface area contributed by atoms with Crippen LogP contribution in [0.25, 0.3) is 21.9 Å². The summed E-state index contributed by atoms with van der Waals surface area (Å²) in [7, 11) is 0. The van der Waals surface area contributed by atoms with Crippen LogP contribution in [-0.4, -0.2) is 37.0 Å². The second-order valence-electron chi connectivity index (χ2n) is 8.54. The van der Waals surface area contributed by atoms with Crippen LogP contribution in [0.5, 0.6) is 0 Å². The molecule has 0 radical (unpaired) electrons. The fourth-order valence-electron chi connectivity index (χ4n) is 5.09. The molecule has 154 valence electrons. The highest BCUT2D eigenvalue weighted by atomic mass is 35.5. The third-order valence-corrected chi connectivity index (χ3v) is 6.66. The van der Waals surface area contributed by atoms with Gasteiger partial charge in [0, 0.05) is 35.3 Å². The molecule has 1 aromatic carbocycles. The number of hydrogen-bond acceptors (Lipinski definition) is 4. The van der Waals surface area contributed by atoms with Gasteiger partial charge in [0.1, 0.15) is 11.3 Å². The number of nitrogens with zero attached hydrogens (tertiary/aromatic N) is 5. The van der Waals surface area contributed by atoms with E-state index < -0.39 is 0 Å². The van der Waals surface area contributed by atoms with E-state index in [9.17, 15) is 0 Å². The monoisotopic (exact) mass is 421 g/mol. The molecule has 5 heterocycles. The number of pyridine rings is 1. The molecular formula is C23H24ClN5O. The highest BCUT2D eigenvalue weighted by molar-refractivity contribution is 6.31. The Morgan fingerprint density at radius 1 is 1.23 bits per heavy atom. The summed E-state index contributed by atoms with van der Waals surface area (Å²) in [6.07, 6.45) is 7.12. The number of fused-ring (bicyclic) bond motifs is 4. The predicted octanol–water partition coefficient (Wildman–Crippen LogP) is 4.71. The Morgan fingerprint density at radius 2 is 2.17 bits per heavy atom. The molecule has 0 bridgehead atoms. The summed E-state index contributed by atoms with van der Waals surface area (Å²) in [5, 5.41) is 6.62. The molecule has 30 heavy (non-hydrogen) atoms. The first-order valence-electron chi connectivity index (χ1n) is 10.8. The minimum Gasteiger partial charge on any atom is -0.378 e. The normalized spacial score (nSPS) is 21.5. The molecule has 0 N–H and O–H groups in total. The van der Waals surface area contributed by atoms with Gasteiger partial charge in [-0.1, -0.05) is 11.6 Å². The molecule has 1 unspecified atom stereocenters.